The van der Waals surface area contributed by atoms with Crippen molar-refractivity contribution in [3.8, 4) is 5.75 Å². The minimum Gasteiger partial charge on any atom is -0.482 e. The zero-order valence-corrected chi connectivity index (χ0v) is 18.2. The first-order valence-corrected chi connectivity index (χ1v) is 10.4. The lowest BCUT2D eigenvalue weighted by Gasteiger charge is -2.30. The van der Waals surface area contributed by atoms with Crippen LogP contribution in [0.15, 0.2) is 48.5 Å². The van der Waals surface area contributed by atoms with E-state index in [-0.39, 0.29) is 25.0 Å². The molecule has 156 valence electrons. The van der Waals surface area contributed by atoms with Crippen LogP contribution in [0.3, 0.4) is 0 Å². The van der Waals surface area contributed by atoms with Crippen LogP contribution in [-0.4, -0.2) is 35.9 Å². The standard InChI is InChI=1S/C22H26Cl2N2O3/c1-3-13-25-22(28)19(4-2)26(14-16-9-5-6-10-17(16)23)21(27)15-29-20-12-8-7-11-18(20)24/h5-12,19H,3-4,13-15H2,1-2H3,(H,25,28)/t19-/m0/s1. The Morgan fingerprint density at radius 3 is 2.31 bits per heavy atom. The Balaban J connectivity index is 2.22. The maximum absolute atomic E-state index is 13.1. The highest BCUT2D eigenvalue weighted by atomic mass is 35.5. The van der Waals surface area contributed by atoms with Crippen LogP contribution in [0.25, 0.3) is 0 Å². The molecule has 0 aromatic heterocycles. The number of benzene rings is 2. The summed E-state index contributed by atoms with van der Waals surface area (Å²) in [5, 5.41) is 3.84. The molecule has 0 aliphatic carbocycles. The predicted molar refractivity (Wildman–Crippen MR) is 116 cm³/mol. The molecule has 0 fully saturated rings. The van der Waals surface area contributed by atoms with Gasteiger partial charge in [0, 0.05) is 18.1 Å². The van der Waals surface area contributed by atoms with Gasteiger partial charge >= 0.3 is 0 Å². The monoisotopic (exact) mass is 436 g/mol. The van der Waals surface area contributed by atoms with Gasteiger partial charge in [0.05, 0.1) is 5.02 Å². The Hall–Kier alpha value is -2.24. The molecule has 2 aromatic carbocycles. The van der Waals surface area contributed by atoms with E-state index >= 15 is 0 Å². The maximum atomic E-state index is 13.1. The van der Waals surface area contributed by atoms with Gasteiger partial charge in [0.25, 0.3) is 5.91 Å². The number of nitrogens with zero attached hydrogens (tertiary/aromatic N) is 1. The minimum absolute atomic E-state index is 0.188. The van der Waals surface area contributed by atoms with Crippen molar-refractivity contribution in [1.82, 2.24) is 10.2 Å². The fraction of sp³-hybridized carbons (Fsp3) is 0.364. The molecule has 2 amide bonds. The van der Waals surface area contributed by atoms with Crippen LogP contribution in [-0.2, 0) is 16.1 Å². The van der Waals surface area contributed by atoms with Crippen molar-refractivity contribution < 1.29 is 14.3 Å². The summed E-state index contributed by atoms with van der Waals surface area (Å²) in [6, 6.07) is 13.6. The van der Waals surface area contributed by atoms with E-state index in [4.69, 9.17) is 27.9 Å². The van der Waals surface area contributed by atoms with Gasteiger partial charge < -0.3 is 15.0 Å². The highest BCUT2D eigenvalue weighted by molar-refractivity contribution is 6.32. The van der Waals surface area contributed by atoms with E-state index in [0.717, 1.165) is 12.0 Å². The molecule has 5 nitrogen and oxygen atoms in total. The molecule has 0 radical (unpaired) electrons. The summed E-state index contributed by atoms with van der Waals surface area (Å²) < 4.78 is 5.62. The fourth-order valence-corrected chi connectivity index (χ4v) is 3.27. The van der Waals surface area contributed by atoms with Gasteiger partial charge in [-0.15, -0.1) is 0 Å². The Bertz CT molecular complexity index is 829. The minimum atomic E-state index is -0.625. The molecule has 0 saturated carbocycles. The third kappa shape index (κ3) is 6.65. The average Bonchev–Trinajstić information content (AvgIpc) is 2.72. The summed E-state index contributed by atoms with van der Waals surface area (Å²) in [5.74, 6) is -0.0838. The molecule has 0 bridgehead atoms. The number of rotatable bonds is 10. The van der Waals surface area contributed by atoms with E-state index in [1.165, 1.54) is 4.90 Å². The van der Waals surface area contributed by atoms with Crippen molar-refractivity contribution in [3.63, 3.8) is 0 Å². The number of amides is 2. The molecular weight excluding hydrogens is 411 g/mol. The van der Waals surface area contributed by atoms with Crippen molar-refractivity contribution in [2.24, 2.45) is 0 Å². The molecule has 0 saturated heterocycles. The zero-order chi connectivity index (χ0) is 21.2. The number of nitrogens with one attached hydrogen (secondary N) is 1. The van der Waals surface area contributed by atoms with E-state index in [2.05, 4.69) is 5.32 Å². The van der Waals surface area contributed by atoms with Gasteiger partial charge in [0.2, 0.25) is 5.91 Å². The first-order chi connectivity index (χ1) is 14.0. The van der Waals surface area contributed by atoms with E-state index in [1.54, 1.807) is 30.3 Å². The van der Waals surface area contributed by atoms with Gasteiger partial charge in [-0.05, 0) is 36.6 Å². The number of carbonyl (C=O) groups excluding carboxylic acids is 2. The summed E-state index contributed by atoms with van der Waals surface area (Å²) in [5.41, 5.74) is 0.766. The lowest BCUT2D eigenvalue weighted by atomic mass is 10.1. The van der Waals surface area contributed by atoms with Gasteiger partial charge in [-0.25, -0.2) is 0 Å². The summed E-state index contributed by atoms with van der Waals surface area (Å²) >= 11 is 12.4. The topological polar surface area (TPSA) is 58.6 Å². The summed E-state index contributed by atoms with van der Waals surface area (Å²) in [6.07, 6.45) is 1.29. The van der Waals surface area contributed by atoms with Crippen LogP contribution < -0.4 is 10.1 Å². The largest absolute Gasteiger partial charge is 0.482 e. The van der Waals surface area contributed by atoms with Crippen molar-refractivity contribution >= 4 is 35.0 Å². The molecule has 0 heterocycles. The van der Waals surface area contributed by atoms with E-state index in [0.29, 0.717) is 28.8 Å². The first-order valence-electron chi connectivity index (χ1n) is 9.65. The van der Waals surface area contributed by atoms with E-state index in [9.17, 15) is 9.59 Å². The van der Waals surface area contributed by atoms with Gasteiger partial charge in [-0.2, -0.15) is 0 Å². The number of carbonyl (C=O) groups is 2. The lowest BCUT2D eigenvalue weighted by Crippen LogP contribution is -2.50. The normalized spacial score (nSPS) is 11.6. The Labute approximate surface area is 181 Å². The molecule has 0 aliphatic rings. The van der Waals surface area contributed by atoms with Crippen LogP contribution in [0.5, 0.6) is 5.75 Å². The number of ether oxygens (including phenoxy) is 1. The zero-order valence-electron chi connectivity index (χ0n) is 16.7. The molecule has 2 aromatic rings. The van der Waals surface area contributed by atoms with Gasteiger partial charge in [-0.1, -0.05) is 67.4 Å². The van der Waals surface area contributed by atoms with Gasteiger partial charge in [-0.3, -0.25) is 9.59 Å². The SMILES string of the molecule is CCCNC(=O)[C@H](CC)N(Cc1ccccc1Cl)C(=O)COc1ccccc1Cl. The molecule has 0 unspecified atom stereocenters. The lowest BCUT2D eigenvalue weighted by molar-refractivity contribution is -0.143. The van der Waals surface area contributed by atoms with Crippen molar-refractivity contribution in [2.75, 3.05) is 13.2 Å². The predicted octanol–water partition coefficient (Wildman–Crippen LogP) is 4.71. The third-order valence-electron chi connectivity index (χ3n) is 4.42. The highest BCUT2D eigenvalue weighted by Crippen LogP contribution is 2.24. The summed E-state index contributed by atoms with van der Waals surface area (Å²) in [7, 11) is 0. The Morgan fingerprint density at radius 1 is 1.03 bits per heavy atom. The molecular formula is C22H26Cl2N2O3. The molecule has 2 rings (SSSR count). The average molecular weight is 437 g/mol. The number of hydrogen-bond acceptors (Lipinski definition) is 3. The fourth-order valence-electron chi connectivity index (χ4n) is 2.88. The quantitative estimate of drug-likeness (QED) is 0.586. The third-order valence-corrected chi connectivity index (χ3v) is 5.10. The smallest absolute Gasteiger partial charge is 0.261 e. The molecule has 1 N–H and O–H groups in total. The molecule has 1 atom stereocenters. The summed E-state index contributed by atoms with van der Waals surface area (Å²) in [6.45, 7) is 4.39. The highest BCUT2D eigenvalue weighted by Gasteiger charge is 2.29. The van der Waals surface area contributed by atoms with Crippen molar-refractivity contribution in [3.05, 3.63) is 64.1 Å². The number of hydrogen-bond donors (Lipinski definition) is 1. The van der Waals surface area contributed by atoms with Crippen molar-refractivity contribution in [2.45, 2.75) is 39.3 Å². The molecule has 29 heavy (non-hydrogen) atoms. The molecule has 0 spiro atoms. The van der Waals surface area contributed by atoms with Crippen LogP contribution in [0, 0.1) is 0 Å². The van der Waals surface area contributed by atoms with Crippen LogP contribution >= 0.6 is 23.2 Å². The number of para-hydroxylation sites is 1. The van der Waals surface area contributed by atoms with E-state index in [1.807, 2.05) is 32.0 Å². The maximum Gasteiger partial charge on any atom is 0.261 e. The van der Waals surface area contributed by atoms with E-state index < -0.39 is 6.04 Å². The molecule has 7 heteroatoms. The second kappa shape index (κ2) is 11.7. The van der Waals surface area contributed by atoms with Crippen LogP contribution in [0.1, 0.15) is 32.3 Å². The summed E-state index contributed by atoms with van der Waals surface area (Å²) in [4.78, 5) is 27.3. The second-order valence-electron chi connectivity index (χ2n) is 6.55. The first kappa shape index (κ1) is 23.0. The number of halogens is 2. The van der Waals surface area contributed by atoms with Gasteiger partial charge in [0.15, 0.2) is 6.61 Å². The Kier molecular flexibility index (Phi) is 9.29. The Morgan fingerprint density at radius 2 is 1.69 bits per heavy atom. The van der Waals surface area contributed by atoms with Gasteiger partial charge in [0.1, 0.15) is 11.8 Å². The second-order valence-corrected chi connectivity index (χ2v) is 7.36. The van der Waals surface area contributed by atoms with Crippen LogP contribution in [0.4, 0.5) is 0 Å². The van der Waals surface area contributed by atoms with Crippen LogP contribution in [0.2, 0.25) is 10.0 Å². The molecule has 0 aliphatic heterocycles. The van der Waals surface area contributed by atoms with Crippen molar-refractivity contribution in [1.29, 1.82) is 0 Å².